The SMILES string of the molecule is C[C@]12CCCC[C@@H]1CC[C@H]1[C@H]2CC[C@]2(C)[C@@H]1C/C(=C/c1ccccc1)[C@@H]2O. The van der Waals surface area contributed by atoms with Crippen LogP contribution in [0.3, 0.4) is 0 Å². The minimum Gasteiger partial charge on any atom is -0.388 e. The maximum absolute atomic E-state index is 11.3. The van der Waals surface area contributed by atoms with E-state index < -0.39 is 0 Å². The van der Waals surface area contributed by atoms with Crippen molar-refractivity contribution in [3.8, 4) is 0 Å². The van der Waals surface area contributed by atoms with Crippen LogP contribution in [0.5, 0.6) is 0 Å². The van der Waals surface area contributed by atoms with Crippen molar-refractivity contribution in [2.45, 2.75) is 77.7 Å². The molecule has 7 atom stereocenters. The molecule has 0 radical (unpaired) electrons. The third kappa shape index (κ3) is 2.68. The molecular formula is C26H36O. The molecule has 146 valence electrons. The second kappa shape index (κ2) is 6.48. The molecule has 4 aliphatic carbocycles. The van der Waals surface area contributed by atoms with Gasteiger partial charge in [0.1, 0.15) is 0 Å². The fourth-order valence-corrected chi connectivity index (χ4v) is 8.06. The first-order chi connectivity index (χ1) is 13.0. The smallest absolute Gasteiger partial charge is 0.0809 e. The molecule has 1 aromatic rings. The van der Waals surface area contributed by atoms with Crippen LogP contribution in [0.4, 0.5) is 0 Å². The minimum atomic E-state index is -0.249. The first kappa shape index (κ1) is 18.0. The molecule has 0 spiro atoms. The topological polar surface area (TPSA) is 20.2 Å². The number of fused-ring (bicyclic) bond motifs is 5. The quantitative estimate of drug-likeness (QED) is 0.605. The van der Waals surface area contributed by atoms with Gasteiger partial charge in [0.15, 0.2) is 0 Å². The highest BCUT2D eigenvalue weighted by molar-refractivity contribution is 5.55. The number of hydrogen-bond acceptors (Lipinski definition) is 1. The van der Waals surface area contributed by atoms with Crippen LogP contribution in [-0.4, -0.2) is 11.2 Å². The molecule has 27 heavy (non-hydrogen) atoms. The van der Waals surface area contributed by atoms with Gasteiger partial charge in [-0.2, -0.15) is 0 Å². The van der Waals surface area contributed by atoms with Gasteiger partial charge in [0.2, 0.25) is 0 Å². The highest BCUT2D eigenvalue weighted by atomic mass is 16.3. The Labute approximate surface area is 165 Å². The summed E-state index contributed by atoms with van der Waals surface area (Å²) in [5.74, 6) is 3.39. The Balaban J connectivity index is 1.46. The standard InChI is InChI=1S/C26H36O/c1-25-14-7-6-10-20(25)11-12-21-22(25)13-15-26(2)23(21)17-19(24(26)27)16-18-8-4-3-5-9-18/h3-5,8-9,16,20-24,27H,6-7,10-15,17H2,1-2H3/b19-16-/t20-,21+,22-,23-,24+,25+,26-/m1/s1. The molecule has 5 rings (SSSR count). The monoisotopic (exact) mass is 364 g/mol. The van der Waals surface area contributed by atoms with Crippen molar-refractivity contribution in [2.75, 3.05) is 0 Å². The van der Waals surface area contributed by atoms with E-state index in [1.54, 1.807) is 0 Å². The van der Waals surface area contributed by atoms with Gasteiger partial charge in [0.05, 0.1) is 6.10 Å². The van der Waals surface area contributed by atoms with Crippen molar-refractivity contribution in [3.05, 3.63) is 41.5 Å². The third-order valence-electron chi connectivity index (χ3n) is 9.60. The van der Waals surface area contributed by atoms with Gasteiger partial charge < -0.3 is 5.11 Å². The molecule has 4 fully saturated rings. The van der Waals surface area contributed by atoms with Crippen LogP contribution in [0.25, 0.3) is 6.08 Å². The second-order valence-corrected chi connectivity index (χ2v) is 10.7. The number of benzene rings is 1. The van der Waals surface area contributed by atoms with Gasteiger partial charge in [-0.15, -0.1) is 0 Å². The molecule has 0 saturated heterocycles. The molecule has 4 saturated carbocycles. The maximum atomic E-state index is 11.3. The first-order valence-electron chi connectivity index (χ1n) is 11.5. The van der Waals surface area contributed by atoms with Crippen molar-refractivity contribution in [1.82, 2.24) is 0 Å². The van der Waals surface area contributed by atoms with E-state index >= 15 is 0 Å². The molecule has 0 heterocycles. The summed E-state index contributed by atoms with van der Waals surface area (Å²) in [5.41, 5.74) is 3.22. The van der Waals surface area contributed by atoms with E-state index in [1.807, 2.05) is 0 Å². The largest absolute Gasteiger partial charge is 0.388 e. The Hall–Kier alpha value is -1.08. The lowest BCUT2D eigenvalue weighted by Gasteiger charge is -2.60. The van der Waals surface area contributed by atoms with Crippen LogP contribution in [0, 0.1) is 34.5 Å². The second-order valence-electron chi connectivity index (χ2n) is 10.7. The molecule has 1 nitrogen and oxygen atoms in total. The molecule has 1 aromatic carbocycles. The number of aliphatic hydroxyl groups excluding tert-OH is 1. The van der Waals surface area contributed by atoms with E-state index in [2.05, 4.69) is 50.3 Å². The summed E-state index contributed by atoms with van der Waals surface area (Å²) in [6.07, 6.45) is 14.4. The summed E-state index contributed by atoms with van der Waals surface area (Å²) < 4.78 is 0. The van der Waals surface area contributed by atoms with E-state index in [0.717, 1.165) is 24.2 Å². The van der Waals surface area contributed by atoms with E-state index in [4.69, 9.17) is 0 Å². The van der Waals surface area contributed by atoms with Gasteiger partial charge in [0.25, 0.3) is 0 Å². The summed E-state index contributed by atoms with van der Waals surface area (Å²) in [4.78, 5) is 0. The summed E-state index contributed by atoms with van der Waals surface area (Å²) in [5, 5.41) is 11.3. The zero-order chi connectivity index (χ0) is 18.6. The Morgan fingerprint density at radius 1 is 0.889 bits per heavy atom. The molecule has 0 bridgehead atoms. The molecular weight excluding hydrogens is 328 g/mol. The average Bonchev–Trinajstić information content (AvgIpc) is 2.93. The fourth-order valence-electron chi connectivity index (χ4n) is 8.06. The van der Waals surface area contributed by atoms with Crippen LogP contribution in [0.2, 0.25) is 0 Å². The van der Waals surface area contributed by atoms with Crippen molar-refractivity contribution in [1.29, 1.82) is 0 Å². The zero-order valence-electron chi connectivity index (χ0n) is 17.2. The maximum Gasteiger partial charge on any atom is 0.0809 e. The number of hydrogen-bond donors (Lipinski definition) is 1. The highest BCUT2D eigenvalue weighted by Gasteiger charge is 2.60. The van der Waals surface area contributed by atoms with E-state index in [-0.39, 0.29) is 11.5 Å². The number of rotatable bonds is 1. The molecule has 0 aliphatic heterocycles. The lowest BCUT2D eigenvalue weighted by Crippen LogP contribution is -2.53. The van der Waals surface area contributed by atoms with Gasteiger partial charge in [0, 0.05) is 5.41 Å². The average molecular weight is 365 g/mol. The van der Waals surface area contributed by atoms with Crippen LogP contribution in [-0.2, 0) is 0 Å². The van der Waals surface area contributed by atoms with Crippen molar-refractivity contribution in [3.63, 3.8) is 0 Å². The summed E-state index contributed by atoms with van der Waals surface area (Å²) in [7, 11) is 0. The summed E-state index contributed by atoms with van der Waals surface area (Å²) in [6.45, 7) is 5.04. The molecule has 0 amide bonds. The number of aliphatic hydroxyl groups is 1. The van der Waals surface area contributed by atoms with Gasteiger partial charge >= 0.3 is 0 Å². The highest BCUT2D eigenvalue weighted by Crippen LogP contribution is 2.67. The van der Waals surface area contributed by atoms with Crippen molar-refractivity contribution < 1.29 is 5.11 Å². The third-order valence-corrected chi connectivity index (χ3v) is 9.60. The van der Waals surface area contributed by atoms with Crippen LogP contribution < -0.4 is 0 Å². The molecule has 1 N–H and O–H groups in total. The van der Waals surface area contributed by atoms with E-state index in [9.17, 15) is 5.11 Å². The Kier molecular flexibility index (Phi) is 4.31. The Morgan fingerprint density at radius 3 is 2.52 bits per heavy atom. The molecule has 0 unspecified atom stereocenters. The first-order valence-corrected chi connectivity index (χ1v) is 11.5. The van der Waals surface area contributed by atoms with Gasteiger partial charge in [-0.3, -0.25) is 0 Å². The van der Waals surface area contributed by atoms with Gasteiger partial charge in [-0.1, -0.05) is 63.1 Å². The van der Waals surface area contributed by atoms with Crippen LogP contribution in [0.15, 0.2) is 35.9 Å². The Bertz CT molecular complexity index is 721. The normalized spacial score (nSPS) is 48.0. The van der Waals surface area contributed by atoms with E-state index in [0.29, 0.717) is 11.3 Å². The van der Waals surface area contributed by atoms with Crippen molar-refractivity contribution >= 4 is 6.08 Å². The van der Waals surface area contributed by atoms with Crippen LogP contribution >= 0.6 is 0 Å². The van der Waals surface area contributed by atoms with Crippen molar-refractivity contribution in [2.24, 2.45) is 34.5 Å². The summed E-state index contributed by atoms with van der Waals surface area (Å²) in [6, 6.07) is 10.6. The lowest BCUT2D eigenvalue weighted by atomic mass is 9.45. The molecule has 4 aliphatic rings. The van der Waals surface area contributed by atoms with Crippen LogP contribution in [0.1, 0.15) is 77.2 Å². The van der Waals surface area contributed by atoms with Gasteiger partial charge in [-0.25, -0.2) is 0 Å². The fraction of sp³-hybridized carbons (Fsp3) is 0.692. The van der Waals surface area contributed by atoms with E-state index in [1.165, 1.54) is 62.5 Å². The predicted octanol–water partition coefficient (Wildman–Crippen LogP) is 6.47. The molecule has 0 aromatic heterocycles. The summed E-state index contributed by atoms with van der Waals surface area (Å²) >= 11 is 0. The minimum absolute atomic E-state index is 0.0969. The Morgan fingerprint density at radius 2 is 1.70 bits per heavy atom. The molecule has 1 heteroatoms. The lowest BCUT2D eigenvalue weighted by molar-refractivity contribution is -0.119. The zero-order valence-corrected chi connectivity index (χ0v) is 17.2. The predicted molar refractivity (Wildman–Crippen MR) is 112 cm³/mol. The van der Waals surface area contributed by atoms with Gasteiger partial charge in [-0.05, 0) is 85.2 Å².